The molecular weight excluding hydrogens is 214 g/mol. The van der Waals surface area contributed by atoms with E-state index in [-0.39, 0.29) is 17.4 Å². The lowest BCUT2D eigenvalue weighted by Gasteiger charge is -2.16. The average Bonchev–Trinajstić information content (AvgIpc) is 2.96. The molecule has 0 atom stereocenters. The highest BCUT2D eigenvalue weighted by Gasteiger charge is 2.22. The van der Waals surface area contributed by atoms with Crippen molar-refractivity contribution in [1.82, 2.24) is 4.90 Å². The van der Waals surface area contributed by atoms with Gasteiger partial charge in [0.15, 0.2) is 0 Å². The minimum absolute atomic E-state index is 0.00219. The van der Waals surface area contributed by atoms with Gasteiger partial charge in [-0.2, -0.15) is 0 Å². The predicted molar refractivity (Wildman–Crippen MR) is 59.9 cm³/mol. The topological polar surface area (TPSA) is 57.6 Å². The molecule has 0 aliphatic heterocycles. The third-order valence-electron chi connectivity index (χ3n) is 2.45. The van der Waals surface area contributed by atoms with Gasteiger partial charge < -0.3 is 10.0 Å². The molecule has 1 aliphatic carbocycles. The molecule has 0 radical (unpaired) electrons. The van der Waals surface area contributed by atoms with Crippen molar-refractivity contribution in [2.45, 2.75) is 19.3 Å². The van der Waals surface area contributed by atoms with Crippen molar-refractivity contribution in [1.29, 1.82) is 0 Å². The Hall–Kier alpha value is -0.710. The summed E-state index contributed by atoms with van der Waals surface area (Å²) in [5, 5.41) is 8.40. The lowest BCUT2D eigenvalue weighted by Crippen LogP contribution is -2.29. The van der Waals surface area contributed by atoms with E-state index in [0.717, 1.165) is 30.6 Å². The van der Waals surface area contributed by atoms with Crippen molar-refractivity contribution in [2.75, 3.05) is 25.1 Å². The molecule has 0 aromatic carbocycles. The number of carbonyl (C=O) groups excluding carboxylic acids is 1. The summed E-state index contributed by atoms with van der Waals surface area (Å²) in [4.78, 5) is 23.4. The summed E-state index contributed by atoms with van der Waals surface area (Å²) >= 11 is 1.16. The molecule has 0 heterocycles. The lowest BCUT2D eigenvalue weighted by molar-refractivity contribution is -0.133. The smallest absolute Gasteiger partial charge is 0.313 e. The van der Waals surface area contributed by atoms with E-state index < -0.39 is 5.97 Å². The summed E-state index contributed by atoms with van der Waals surface area (Å²) in [6.07, 6.45) is 3.69. The molecule has 4 nitrogen and oxygen atoms in total. The molecule has 0 spiro atoms. The van der Waals surface area contributed by atoms with Crippen molar-refractivity contribution < 1.29 is 14.7 Å². The summed E-state index contributed by atoms with van der Waals surface area (Å²) in [7, 11) is 1.78. The second kappa shape index (κ2) is 6.00. The van der Waals surface area contributed by atoms with Crippen LogP contribution in [0.5, 0.6) is 0 Å². The number of hydrogen-bond acceptors (Lipinski definition) is 3. The highest BCUT2D eigenvalue weighted by molar-refractivity contribution is 8.00. The SMILES string of the molecule is CN(CCC1CC1)C(=O)CSCC(=O)O. The first-order chi connectivity index (χ1) is 7.09. The molecule has 5 heteroatoms. The van der Waals surface area contributed by atoms with Gasteiger partial charge in [0.1, 0.15) is 0 Å². The summed E-state index contributed by atoms with van der Waals surface area (Å²) in [6.45, 7) is 0.803. The van der Waals surface area contributed by atoms with Crippen LogP contribution in [-0.2, 0) is 9.59 Å². The third-order valence-corrected chi connectivity index (χ3v) is 3.35. The highest BCUT2D eigenvalue weighted by Crippen LogP contribution is 2.32. The van der Waals surface area contributed by atoms with Gasteiger partial charge in [-0.25, -0.2) is 0 Å². The van der Waals surface area contributed by atoms with Crippen molar-refractivity contribution in [3.05, 3.63) is 0 Å². The Labute approximate surface area is 94.0 Å². The fourth-order valence-electron chi connectivity index (χ4n) is 1.24. The second-order valence-corrected chi connectivity index (χ2v) is 4.92. The first-order valence-electron chi connectivity index (χ1n) is 5.13. The van der Waals surface area contributed by atoms with E-state index in [0.29, 0.717) is 0 Å². The van der Waals surface area contributed by atoms with Gasteiger partial charge in [-0.1, -0.05) is 12.8 Å². The maximum absolute atomic E-state index is 11.5. The first kappa shape index (κ1) is 12.4. The van der Waals surface area contributed by atoms with E-state index in [9.17, 15) is 9.59 Å². The van der Waals surface area contributed by atoms with Gasteiger partial charge in [0, 0.05) is 13.6 Å². The molecule has 0 saturated heterocycles. The van der Waals surface area contributed by atoms with Crippen LogP contribution in [0, 0.1) is 5.92 Å². The summed E-state index contributed by atoms with van der Waals surface area (Å²) in [5.41, 5.74) is 0. The Balaban J connectivity index is 2.05. The zero-order chi connectivity index (χ0) is 11.3. The fourth-order valence-corrected chi connectivity index (χ4v) is 1.91. The number of rotatable bonds is 7. The van der Waals surface area contributed by atoms with Crippen molar-refractivity contribution in [2.24, 2.45) is 5.92 Å². The molecule has 0 aromatic rings. The van der Waals surface area contributed by atoms with Crippen molar-refractivity contribution in [3.8, 4) is 0 Å². The molecule has 0 aromatic heterocycles. The van der Waals surface area contributed by atoms with Gasteiger partial charge >= 0.3 is 5.97 Å². The Morgan fingerprint density at radius 2 is 2.07 bits per heavy atom. The van der Waals surface area contributed by atoms with Crippen LogP contribution < -0.4 is 0 Å². The number of carboxylic acids is 1. The van der Waals surface area contributed by atoms with Crippen LogP contribution in [0.3, 0.4) is 0 Å². The zero-order valence-electron chi connectivity index (χ0n) is 8.94. The van der Waals surface area contributed by atoms with E-state index in [1.807, 2.05) is 0 Å². The minimum Gasteiger partial charge on any atom is -0.481 e. The second-order valence-electron chi connectivity index (χ2n) is 3.93. The molecule has 15 heavy (non-hydrogen) atoms. The van der Waals surface area contributed by atoms with Gasteiger partial charge in [0.05, 0.1) is 11.5 Å². The molecule has 1 N–H and O–H groups in total. The lowest BCUT2D eigenvalue weighted by atomic mass is 10.3. The van der Waals surface area contributed by atoms with E-state index >= 15 is 0 Å². The van der Waals surface area contributed by atoms with Crippen molar-refractivity contribution in [3.63, 3.8) is 0 Å². The zero-order valence-corrected chi connectivity index (χ0v) is 9.76. The predicted octanol–water partition coefficient (Wildman–Crippen LogP) is 1.06. The molecular formula is C10H17NO3S. The average molecular weight is 231 g/mol. The van der Waals surface area contributed by atoms with Crippen LogP contribution in [0.1, 0.15) is 19.3 Å². The number of carbonyl (C=O) groups is 2. The number of thioether (sulfide) groups is 1. The Kier molecular flexibility index (Phi) is 4.94. The van der Waals surface area contributed by atoms with E-state index in [1.54, 1.807) is 11.9 Å². The van der Waals surface area contributed by atoms with Crippen LogP contribution in [0.4, 0.5) is 0 Å². The number of amides is 1. The van der Waals surface area contributed by atoms with E-state index in [2.05, 4.69) is 0 Å². The molecule has 1 rings (SSSR count). The van der Waals surface area contributed by atoms with Crippen LogP contribution >= 0.6 is 11.8 Å². The molecule has 0 bridgehead atoms. The quantitative estimate of drug-likeness (QED) is 0.712. The number of nitrogens with zero attached hydrogens (tertiary/aromatic N) is 1. The summed E-state index contributed by atoms with van der Waals surface area (Å²) < 4.78 is 0. The van der Waals surface area contributed by atoms with Gasteiger partial charge in [-0.15, -0.1) is 11.8 Å². The van der Waals surface area contributed by atoms with Gasteiger partial charge in [0.25, 0.3) is 0 Å². The van der Waals surface area contributed by atoms with Gasteiger partial charge in [0.2, 0.25) is 5.91 Å². The monoisotopic (exact) mass is 231 g/mol. The van der Waals surface area contributed by atoms with Gasteiger partial charge in [-0.3, -0.25) is 9.59 Å². The van der Waals surface area contributed by atoms with E-state index in [1.165, 1.54) is 12.8 Å². The fraction of sp³-hybridized carbons (Fsp3) is 0.800. The van der Waals surface area contributed by atoms with Crippen LogP contribution in [0.2, 0.25) is 0 Å². The maximum atomic E-state index is 11.5. The Bertz CT molecular complexity index is 241. The van der Waals surface area contributed by atoms with Crippen molar-refractivity contribution >= 4 is 23.6 Å². The Morgan fingerprint density at radius 3 is 2.60 bits per heavy atom. The third kappa shape index (κ3) is 5.67. The molecule has 1 aliphatic rings. The molecule has 1 amide bonds. The van der Waals surface area contributed by atoms with Crippen LogP contribution in [0.25, 0.3) is 0 Å². The number of hydrogen-bond donors (Lipinski definition) is 1. The van der Waals surface area contributed by atoms with Crippen LogP contribution in [-0.4, -0.2) is 47.0 Å². The normalized spacial score (nSPS) is 15.0. The molecule has 86 valence electrons. The molecule has 1 saturated carbocycles. The highest BCUT2D eigenvalue weighted by atomic mass is 32.2. The standard InChI is InChI=1S/C10H17NO3S/c1-11(5-4-8-2-3-8)9(12)6-15-7-10(13)14/h8H,2-7H2,1H3,(H,13,14). The Morgan fingerprint density at radius 1 is 1.40 bits per heavy atom. The number of carboxylic acid groups (broad SMARTS) is 1. The number of aliphatic carboxylic acids is 1. The maximum Gasteiger partial charge on any atom is 0.313 e. The van der Waals surface area contributed by atoms with Gasteiger partial charge in [-0.05, 0) is 12.3 Å². The summed E-state index contributed by atoms with van der Waals surface area (Å²) in [6, 6.07) is 0. The van der Waals surface area contributed by atoms with Crippen LogP contribution in [0.15, 0.2) is 0 Å². The largest absolute Gasteiger partial charge is 0.481 e. The molecule has 1 fully saturated rings. The summed E-state index contributed by atoms with van der Waals surface area (Å²) in [5.74, 6) is 0.262. The first-order valence-corrected chi connectivity index (χ1v) is 6.28. The minimum atomic E-state index is -0.867. The molecule has 0 unspecified atom stereocenters. The van der Waals surface area contributed by atoms with E-state index in [4.69, 9.17) is 5.11 Å².